The van der Waals surface area contributed by atoms with E-state index in [9.17, 15) is 4.79 Å². The monoisotopic (exact) mass is 290 g/mol. The van der Waals surface area contributed by atoms with E-state index in [2.05, 4.69) is 11.9 Å². The number of carbonyl (C=O) groups excluding carboxylic acids is 1. The van der Waals surface area contributed by atoms with Crippen molar-refractivity contribution in [1.82, 2.24) is 9.55 Å². The molecule has 0 fully saturated rings. The van der Waals surface area contributed by atoms with Crippen molar-refractivity contribution in [2.75, 3.05) is 12.4 Å². The van der Waals surface area contributed by atoms with Crippen LogP contribution in [0.4, 0.5) is 0 Å². The summed E-state index contributed by atoms with van der Waals surface area (Å²) in [6.07, 6.45) is 3.68. The zero-order chi connectivity index (χ0) is 14.4. The smallest absolute Gasteiger partial charge is 0.173 e. The maximum Gasteiger partial charge on any atom is 0.173 e. The molecule has 20 heavy (non-hydrogen) atoms. The number of nitrogens with zero attached hydrogens (tertiary/aromatic N) is 2. The average molecular weight is 290 g/mol. The van der Waals surface area contributed by atoms with Crippen LogP contribution in [-0.2, 0) is 6.54 Å². The van der Waals surface area contributed by atoms with Crippen molar-refractivity contribution in [2.45, 2.75) is 25.5 Å². The Bertz CT molecular complexity index is 564. The molecule has 1 heterocycles. The molecule has 0 unspecified atom stereocenters. The molecular formula is C15H18N2O2S. The van der Waals surface area contributed by atoms with Gasteiger partial charge in [-0.3, -0.25) is 4.79 Å². The van der Waals surface area contributed by atoms with Crippen molar-refractivity contribution in [3.8, 4) is 5.75 Å². The second kappa shape index (κ2) is 7.14. The third-order valence-electron chi connectivity index (χ3n) is 2.84. The molecule has 2 rings (SSSR count). The molecule has 2 aromatic rings. The van der Waals surface area contributed by atoms with Gasteiger partial charge in [-0.05, 0) is 38.1 Å². The van der Waals surface area contributed by atoms with Crippen LogP contribution in [0.2, 0.25) is 0 Å². The van der Waals surface area contributed by atoms with Crippen LogP contribution >= 0.6 is 11.8 Å². The van der Waals surface area contributed by atoms with Gasteiger partial charge in [0.1, 0.15) is 5.75 Å². The van der Waals surface area contributed by atoms with Crippen LogP contribution in [0, 0.1) is 0 Å². The summed E-state index contributed by atoms with van der Waals surface area (Å²) in [6, 6.07) is 7.27. The van der Waals surface area contributed by atoms with Crippen LogP contribution in [0.5, 0.6) is 5.75 Å². The summed E-state index contributed by atoms with van der Waals surface area (Å²) in [7, 11) is 0. The summed E-state index contributed by atoms with van der Waals surface area (Å²) in [5, 5.41) is 0.881. The first-order valence-corrected chi connectivity index (χ1v) is 7.63. The maximum absolute atomic E-state index is 12.1. The van der Waals surface area contributed by atoms with Crippen molar-refractivity contribution in [2.24, 2.45) is 0 Å². The highest BCUT2D eigenvalue weighted by Gasteiger charge is 2.09. The number of imidazole rings is 1. The molecule has 5 heteroatoms. The zero-order valence-corrected chi connectivity index (χ0v) is 12.5. The van der Waals surface area contributed by atoms with E-state index in [0.717, 1.165) is 17.5 Å². The average Bonchev–Trinajstić information content (AvgIpc) is 2.93. The van der Waals surface area contributed by atoms with Gasteiger partial charge in [0.05, 0.1) is 12.4 Å². The largest absolute Gasteiger partial charge is 0.494 e. The van der Waals surface area contributed by atoms with Gasteiger partial charge < -0.3 is 9.30 Å². The Morgan fingerprint density at radius 2 is 2.05 bits per heavy atom. The zero-order valence-electron chi connectivity index (χ0n) is 11.7. The fourth-order valence-corrected chi connectivity index (χ4v) is 2.71. The fraction of sp³-hybridized carbons (Fsp3) is 0.333. The van der Waals surface area contributed by atoms with E-state index in [4.69, 9.17) is 4.74 Å². The van der Waals surface area contributed by atoms with Crippen LogP contribution < -0.4 is 4.74 Å². The van der Waals surface area contributed by atoms with Crippen molar-refractivity contribution >= 4 is 17.5 Å². The number of thioether (sulfide) groups is 1. The lowest BCUT2D eigenvalue weighted by Crippen LogP contribution is -2.04. The Kier molecular flexibility index (Phi) is 5.24. The lowest BCUT2D eigenvalue weighted by atomic mass is 10.1. The molecule has 0 aliphatic carbocycles. The first-order chi connectivity index (χ1) is 9.74. The van der Waals surface area contributed by atoms with Crippen molar-refractivity contribution in [3.63, 3.8) is 0 Å². The normalized spacial score (nSPS) is 10.5. The SMILES string of the molecule is CCOc1ccc(C(=O)CSc2nccn2CC)cc1. The Morgan fingerprint density at radius 1 is 1.30 bits per heavy atom. The topological polar surface area (TPSA) is 44.1 Å². The number of carbonyl (C=O) groups is 1. The van der Waals surface area contributed by atoms with E-state index in [1.165, 1.54) is 11.8 Å². The number of rotatable bonds is 7. The number of benzene rings is 1. The quantitative estimate of drug-likeness (QED) is 0.580. The molecule has 0 amide bonds. The third kappa shape index (κ3) is 3.63. The highest BCUT2D eigenvalue weighted by atomic mass is 32.2. The minimum atomic E-state index is 0.101. The van der Waals surface area contributed by atoms with Gasteiger partial charge in [-0.25, -0.2) is 4.98 Å². The van der Waals surface area contributed by atoms with Gasteiger partial charge in [-0.15, -0.1) is 0 Å². The Labute approximate surface area is 123 Å². The van der Waals surface area contributed by atoms with Gasteiger partial charge >= 0.3 is 0 Å². The Morgan fingerprint density at radius 3 is 2.70 bits per heavy atom. The van der Waals surface area contributed by atoms with Gasteiger partial charge in [0.2, 0.25) is 0 Å². The molecule has 0 saturated carbocycles. The van der Waals surface area contributed by atoms with Crippen LogP contribution in [0.15, 0.2) is 41.8 Å². The van der Waals surface area contributed by atoms with E-state index in [-0.39, 0.29) is 5.78 Å². The lowest BCUT2D eigenvalue weighted by molar-refractivity contribution is 0.102. The summed E-state index contributed by atoms with van der Waals surface area (Å²) in [5.74, 6) is 1.28. The van der Waals surface area contributed by atoms with Gasteiger partial charge in [0, 0.05) is 24.5 Å². The molecule has 1 aromatic carbocycles. The maximum atomic E-state index is 12.1. The molecule has 0 aliphatic rings. The van der Waals surface area contributed by atoms with Crippen LogP contribution in [0.25, 0.3) is 0 Å². The Balaban J connectivity index is 1.94. The molecule has 0 spiro atoms. The van der Waals surface area contributed by atoms with Gasteiger partial charge in [0.15, 0.2) is 10.9 Å². The minimum Gasteiger partial charge on any atom is -0.494 e. The number of hydrogen-bond acceptors (Lipinski definition) is 4. The second-order valence-corrected chi connectivity index (χ2v) is 5.11. The van der Waals surface area contributed by atoms with Gasteiger partial charge in [0.25, 0.3) is 0 Å². The predicted octanol–water partition coefficient (Wildman–Crippen LogP) is 3.28. The molecule has 0 atom stereocenters. The predicted molar refractivity (Wildman–Crippen MR) is 80.6 cm³/mol. The number of aromatic nitrogens is 2. The van der Waals surface area contributed by atoms with Crippen molar-refractivity contribution in [1.29, 1.82) is 0 Å². The number of Topliss-reactive ketones (excluding diaryl/α,β-unsaturated/α-hetero) is 1. The summed E-state index contributed by atoms with van der Waals surface area (Å²) >= 11 is 1.47. The van der Waals surface area contributed by atoms with Crippen LogP contribution in [0.3, 0.4) is 0 Å². The van der Waals surface area contributed by atoms with Gasteiger partial charge in [-0.2, -0.15) is 0 Å². The molecule has 0 saturated heterocycles. The second-order valence-electron chi connectivity index (χ2n) is 4.17. The summed E-state index contributed by atoms with van der Waals surface area (Å²) < 4.78 is 7.38. The molecule has 0 bridgehead atoms. The molecule has 0 N–H and O–H groups in total. The first kappa shape index (κ1) is 14.7. The number of ether oxygens (including phenoxy) is 1. The highest BCUT2D eigenvalue weighted by Crippen LogP contribution is 2.19. The molecule has 106 valence electrons. The summed E-state index contributed by atoms with van der Waals surface area (Å²) in [6.45, 7) is 5.48. The van der Waals surface area contributed by atoms with Crippen molar-refractivity contribution in [3.05, 3.63) is 42.2 Å². The number of hydrogen-bond donors (Lipinski definition) is 0. The molecule has 0 radical (unpaired) electrons. The first-order valence-electron chi connectivity index (χ1n) is 6.64. The molecule has 4 nitrogen and oxygen atoms in total. The third-order valence-corrected chi connectivity index (χ3v) is 3.84. The highest BCUT2D eigenvalue weighted by molar-refractivity contribution is 7.99. The van der Waals surface area contributed by atoms with E-state index < -0.39 is 0 Å². The van der Waals surface area contributed by atoms with E-state index in [1.54, 1.807) is 18.3 Å². The summed E-state index contributed by atoms with van der Waals surface area (Å²) in [5.41, 5.74) is 0.704. The summed E-state index contributed by atoms with van der Waals surface area (Å²) in [4.78, 5) is 16.4. The molecule has 1 aromatic heterocycles. The Hall–Kier alpha value is -1.75. The fourth-order valence-electron chi connectivity index (χ4n) is 1.79. The van der Waals surface area contributed by atoms with E-state index in [1.807, 2.05) is 29.8 Å². The van der Waals surface area contributed by atoms with E-state index >= 15 is 0 Å². The number of aryl methyl sites for hydroxylation is 1. The van der Waals surface area contributed by atoms with Crippen LogP contribution in [-0.4, -0.2) is 27.7 Å². The molecular weight excluding hydrogens is 272 g/mol. The standard InChI is InChI=1S/C15H18N2O2S/c1-3-17-10-9-16-15(17)20-11-14(18)12-5-7-13(8-6-12)19-4-2/h5-10H,3-4,11H2,1-2H3. The minimum absolute atomic E-state index is 0.101. The lowest BCUT2D eigenvalue weighted by Gasteiger charge is -2.05. The molecule has 0 aliphatic heterocycles. The van der Waals surface area contributed by atoms with E-state index in [0.29, 0.717) is 17.9 Å². The van der Waals surface area contributed by atoms with Gasteiger partial charge in [-0.1, -0.05) is 11.8 Å². The van der Waals surface area contributed by atoms with Crippen molar-refractivity contribution < 1.29 is 9.53 Å². The van der Waals surface area contributed by atoms with Crippen LogP contribution in [0.1, 0.15) is 24.2 Å². The number of ketones is 1.